The number of aryl methyl sites for hydroxylation is 2. The minimum absolute atomic E-state index is 0.0173. The summed E-state index contributed by atoms with van der Waals surface area (Å²) in [5.41, 5.74) is 10.1. The third-order valence-electron chi connectivity index (χ3n) is 5.42. The number of aromatic nitrogens is 2. The molecule has 0 unspecified atom stereocenters. The minimum atomic E-state index is -0.177. The van der Waals surface area contributed by atoms with Crippen LogP contribution in [0.15, 0.2) is 24.3 Å². The molecule has 1 aromatic heterocycles. The number of ether oxygens (including phenoxy) is 1. The summed E-state index contributed by atoms with van der Waals surface area (Å²) in [4.78, 5) is 13.8. The summed E-state index contributed by atoms with van der Waals surface area (Å²) < 4.78 is 7.22. The smallest absolute Gasteiger partial charge is 0.221 e. The lowest BCUT2D eigenvalue weighted by atomic mass is 9.97. The van der Waals surface area contributed by atoms with Crippen molar-refractivity contribution in [3.63, 3.8) is 0 Å². The van der Waals surface area contributed by atoms with E-state index in [9.17, 15) is 4.79 Å². The zero-order valence-electron chi connectivity index (χ0n) is 17.1. The van der Waals surface area contributed by atoms with Gasteiger partial charge in [0.1, 0.15) is 0 Å². The molecule has 0 aliphatic carbocycles. The van der Waals surface area contributed by atoms with Gasteiger partial charge < -0.3 is 15.8 Å². The van der Waals surface area contributed by atoms with Crippen molar-refractivity contribution in [2.45, 2.75) is 39.4 Å². The van der Waals surface area contributed by atoms with Gasteiger partial charge in [-0.3, -0.25) is 9.69 Å². The molecule has 3 rings (SSSR count). The fourth-order valence-corrected chi connectivity index (χ4v) is 4.00. The number of carbonyl (C=O) groups excluding carboxylic acids is 1. The van der Waals surface area contributed by atoms with Gasteiger partial charge >= 0.3 is 0 Å². The van der Waals surface area contributed by atoms with E-state index in [2.05, 4.69) is 39.6 Å². The van der Waals surface area contributed by atoms with Gasteiger partial charge in [0, 0.05) is 33.2 Å². The standard InChI is InChI=1S/C21H31N5O2/c1-15-19(21(28-3)25(2)24-15)12-23-11-16-6-4-7-17(10-16)13-26-9-5-8-18(14-26)20(22)27/h4,6-7,10,18,23H,5,8-9,11-14H2,1-3H3,(H2,22,27)/t18-/m1/s1. The Morgan fingerprint density at radius 2 is 2.14 bits per heavy atom. The zero-order chi connectivity index (χ0) is 20.1. The number of carbonyl (C=O) groups is 1. The Labute approximate surface area is 166 Å². The maximum atomic E-state index is 11.5. The Morgan fingerprint density at radius 3 is 2.89 bits per heavy atom. The van der Waals surface area contributed by atoms with Crippen LogP contribution in [0.2, 0.25) is 0 Å². The average molecular weight is 386 g/mol. The highest BCUT2D eigenvalue weighted by molar-refractivity contribution is 5.76. The fraction of sp³-hybridized carbons (Fsp3) is 0.524. The van der Waals surface area contributed by atoms with Crippen LogP contribution in [0.1, 0.15) is 35.2 Å². The maximum Gasteiger partial charge on any atom is 0.221 e. The monoisotopic (exact) mass is 385 g/mol. The molecular weight excluding hydrogens is 354 g/mol. The van der Waals surface area contributed by atoms with Crippen molar-refractivity contribution in [1.29, 1.82) is 0 Å². The summed E-state index contributed by atoms with van der Waals surface area (Å²) in [6, 6.07) is 8.60. The molecule has 2 heterocycles. The van der Waals surface area contributed by atoms with Crippen LogP contribution in [-0.2, 0) is 31.5 Å². The van der Waals surface area contributed by atoms with Crippen LogP contribution in [0.25, 0.3) is 0 Å². The number of nitrogens with one attached hydrogen (secondary N) is 1. The Balaban J connectivity index is 1.56. The molecule has 0 radical (unpaired) electrons. The van der Waals surface area contributed by atoms with Crippen LogP contribution in [0.5, 0.6) is 5.88 Å². The van der Waals surface area contributed by atoms with Gasteiger partial charge in [-0.1, -0.05) is 24.3 Å². The predicted octanol–water partition coefficient (Wildman–Crippen LogP) is 1.72. The lowest BCUT2D eigenvalue weighted by Gasteiger charge is -2.31. The Hall–Kier alpha value is -2.38. The average Bonchev–Trinajstić information content (AvgIpc) is 2.95. The molecule has 3 N–H and O–H groups in total. The van der Waals surface area contributed by atoms with E-state index in [1.807, 2.05) is 14.0 Å². The maximum absolute atomic E-state index is 11.5. The lowest BCUT2D eigenvalue weighted by molar-refractivity contribution is -0.123. The molecule has 1 fully saturated rings. The van der Waals surface area contributed by atoms with Crippen LogP contribution >= 0.6 is 0 Å². The topological polar surface area (TPSA) is 85.4 Å². The fourth-order valence-electron chi connectivity index (χ4n) is 4.00. The number of primary amides is 1. The SMILES string of the molecule is COc1c(CNCc2cccc(CN3CCC[C@@H](C(N)=O)C3)c2)c(C)nn1C. The third-order valence-corrected chi connectivity index (χ3v) is 5.42. The van der Waals surface area contributed by atoms with E-state index in [0.29, 0.717) is 6.54 Å². The van der Waals surface area contributed by atoms with E-state index < -0.39 is 0 Å². The van der Waals surface area contributed by atoms with Gasteiger partial charge in [0.25, 0.3) is 0 Å². The predicted molar refractivity (Wildman–Crippen MR) is 109 cm³/mol. The van der Waals surface area contributed by atoms with Gasteiger partial charge in [-0.05, 0) is 37.4 Å². The van der Waals surface area contributed by atoms with Gasteiger partial charge in [-0.15, -0.1) is 0 Å². The molecule has 0 spiro atoms. The van der Waals surface area contributed by atoms with Crippen molar-refractivity contribution in [2.24, 2.45) is 18.7 Å². The molecule has 152 valence electrons. The van der Waals surface area contributed by atoms with E-state index in [4.69, 9.17) is 10.5 Å². The highest BCUT2D eigenvalue weighted by Gasteiger charge is 2.23. The molecular formula is C21H31N5O2. The molecule has 7 nitrogen and oxygen atoms in total. The molecule has 28 heavy (non-hydrogen) atoms. The summed E-state index contributed by atoms with van der Waals surface area (Å²) in [6.45, 7) is 6.12. The summed E-state index contributed by atoms with van der Waals surface area (Å²) in [6.07, 6.45) is 1.94. The summed E-state index contributed by atoms with van der Waals surface area (Å²) in [5.74, 6) is 0.605. The van der Waals surface area contributed by atoms with Gasteiger partial charge in [0.2, 0.25) is 11.8 Å². The van der Waals surface area contributed by atoms with E-state index in [-0.39, 0.29) is 11.8 Å². The van der Waals surface area contributed by atoms with E-state index in [1.54, 1.807) is 11.8 Å². The number of likely N-dealkylation sites (tertiary alicyclic amines) is 1. The Kier molecular flexibility index (Phi) is 6.70. The second kappa shape index (κ2) is 9.21. The molecule has 2 aromatic rings. The quantitative estimate of drug-likeness (QED) is 0.723. The largest absolute Gasteiger partial charge is 0.481 e. The molecule has 7 heteroatoms. The van der Waals surface area contributed by atoms with Crippen molar-refractivity contribution >= 4 is 5.91 Å². The van der Waals surface area contributed by atoms with Gasteiger partial charge in [-0.2, -0.15) is 5.10 Å². The number of hydrogen-bond acceptors (Lipinski definition) is 5. The number of hydrogen-bond donors (Lipinski definition) is 2. The molecule has 1 saturated heterocycles. The zero-order valence-corrected chi connectivity index (χ0v) is 17.1. The molecule has 1 atom stereocenters. The van der Waals surface area contributed by atoms with Crippen molar-refractivity contribution in [3.8, 4) is 5.88 Å². The Morgan fingerprint density at radius 1 is 1.36 bits per heavy atom. The number of nitrogens with zero attached hydrogens (tertiary/aromatic N) is 3. The lowest BCUT2D eigenvalue weighted by Crippen LogP contribution is -2.40. The number of nitrogens with two attached hydrogens (primary N) is 1. The molecule has 1 aromatic carbocycles. The van der Waals surface area contributed by atoms with Crippen LogP contribution < -0.4 is 15.8 Å². The first-order valence-corrected chi connectivity index (χ1v) is 9.84. The second-order valence-electron chi connectivity index (χ2n) is 7.60. The van der Waals surface area contributed by atoms with Crippen molar-refractivity contribution < 1.29 is 9.53 Å². The van der Waals surface area contributed by atoms with Crippen LogP contribution in [0.4, 0.5) is 0 Å². The number of methoxy groups -OCH3 is 1. The number of rotatable bonds is 8. The van der Waals surface area contributed by atoms with Crippen LogP contribution in [0, 0.1) is 12.8 Å². The first-order valence-electron chi connectivity index (χ1n) is 9.84. The van der Waals surface area contributed by atoms with Crippen molar-refractivity contribution in [1.82, 2.24) is 20.0 Å². The second-order valence-corrected chi connectivity index (χ2v) is 7.60. The normalized spacial score (nSPS) is 17.6. The Bertz CT molecular complexity index is 817. The van der Waals surface area contributed by atoms with Gasteiger partial charge in [0.05, 0.1) is 24.3 Å². The molecule has 0 saturated carbocycles. The third kappa shape index (κ3) is 4.91. The molecule has 1 aliphatic rings. The highest BCUT2D eigenvalue weighted by atomic mass is 16.5. The summed E-state index contributed by atoms with van der Waals surface area (Å²) in [7, 11) is 3.56. The van der Waals surface area contributed by atoms with E-state index in [1.165, 1.54) is 11.1 Å². The summed E-state index contributed by atoms with van der Waals surface area (Å²) in [5, 5.41) is 7.91. The number of piperidine rings is 1. The first kappa shape index (κ1) is 20.4. The van der Waals surface area contributed by atoms with E-state index >= 15 is 0 Å². The number of benzene rings is 1. The molecule has 1 aliphatic heterocycles. The molecule has 0 bridgehead atoms. The van der Waals surface area contributed by atoms with Gasteiger partial charge in [0.15, 0.2) is 0 Å². The van der Waals surface area contributed by atoms with Crippen LogP contribution in [0.3, 0.4) is 0 Å². The van der Waals surface area contributed by atoms with E-state index in [0.717, 1.165) is 56.2 Å². The highest BCUT2D eigenvalue weighted by Crippen LogP contribution is 2.21. The van der Waals surface area contributed by atoms with Crippen molar-refractivity contribution in [3.05, 3.63) is 46.6 Å². The minimum Gasteiger partial charge on any atom is -0.481 e. The molecule has 1 amide bonds. The van der Waals surface area contributed by atoms with Crippen molar-refractivity contribution in [2.75, 3.05) is 20.2 Å². The number of amides is 1. The summed E-state index contributed by atoms with van der Waals surface area (Å²) >= 11 is 0. The van der Waals surface area contributed by atoms with Gasteiger partial charge in [-0.25, -0.2) is 4.68 Å². The first-order chi connectivity index (χ1) is 13.5. The van der Waals surface area contributed by atoms with Crippen LogP contribution in [-0.4, -0.2) is 40.8 Å².